The number of nitrogens with two attached hydrogens (primary N) is 1. The Morgan fingerprint density at radius 1 is 1.16 bits per heavy atom. The molecule has 0 spiro atoms. The zero-order valence-corrected chi connectivity index (χ0v) is 15.8. The fraction of sp³-hybridized carbons (Fsp3) is 0.857. The minimum absolute atomic E-state index is 0.0759. The zero-order chi connectivity index (χ0) is 17.7. The number of hydrogen-bond acceptors (Lipinski definition) is 4. The summed E-state index contributed by atoms with van der Waals surface area (Å²) in [7, 11) is 0. The first-order chi connectivity index (χ1) is 12.0. The summed E-state index contributed by atoms with van der Waals surface area (Å²) in [5.74, 6) is 2.30. The molecule has 0 aromatic carbocycles. The number of allylic oxidation sites excluding steroid dienone is 2. The highest BCUT2D eigenvalue weighted by Gasteiger charge is 2.58. The van der Waals surface area contributed by atoms with Crippen LogP contribution < -0.4 is 5.73 Å². The van der Waals surface area contributed by atoms with Crippen molar-refractivity contribution in [3.05, 3.63) is 11.6 Å². The normalized spacial score (nSPS) is 47.7. The van der Waals surface area contributed by atoms with E-state index in [1.807, 2.05) is 0 Å². The van der Waals surface area contributed by atoms with Gasteiger partial charge in [-0.2, -0.15) is 0 Å². The summed E-state index contributed by atoms with van der Waals surface area (Å²) < 4.78 is 0. The molecule has 0 radical (unpaired) electrons. The lowest BCUT2D eigenvalue weighted by Crippen LogP contribution is -2.51. The highest BCUT2D eigenvalue weighted by atomic mass is 16.6. The minimum Gasteiger partial charge on any atom is -0.394 e. The van der Waals surface area contributed by atoms with Gasteiger partial charge in [0.25, 0.3) is 0 Å². The maximum atomic E-state index is 10.6. The van der Waals surface area contributed by atoms with Gasteiger partial charge in [-0.15, -0.1) is 0 Å². The molecule has 0 bridgehead atoms. The standard InChI is InChI=1S/C21H34N2O2/c1-20-9-7-15(23-25-12-11-22)13-14(20)3-4-16-17-5-6-19(24)21(17,2)10-8-18(16)20/h13,16-19,24H,3-12,22H2,1-2H3/t16?,17?,18?,19-,20-,21-/m0/s1. The van der Waals surface area contributed by atoms with Crippen LogP contribution in [0.4, 0.5) is 0 Å². The molecule has 0 saturated heterocycles. The van der Waals surface area contributed by atoms with Gasteiger partial charge in [0, 0.05) is 6.54 Å². The van der Waals surface area contributed by atoms with Crippen molar-refractivity contribution in [2.45, 2.75) is 71.3 Å². The number of oxime groups is 1. The maximum absolute atomic E-state index is 10.6. The van der Waals surface area contributed by atoms with Crippen LogP contribution >= 0.6 is 0 Å². The van der Waals surface area contributed by atoms with Gasteiger partial charge < -0.3 is 15.7 Å². The topological polar surface area (TPSA) is 67.8 Å². The molecule has 4 aliphatic carbocycles. The van der Waals surface area contributed by atoms with Crippen LogP contribution in [0.25, 0.3) is 0 Å². The first-order valence-corrected chi connectivity index (χ1v) is 10.3. The number of nitrogens with zero attached hydrogens (tertiary/aromatic N) is 1. The largest absolute Gasteiger partial charge is 0.394 e. The second kappa shape index (κ2) is 6.38. The lowest BCUT2D eigenvalue weighted by Gasteiger charge is -2.57. The number of aliphatic hydroxyl groups excluding tert-OH is 1. The van der Waals surface area contributed by atoms with Gasteiger partial charge in [-0.05, 0) is 86.0 Å². The summed E-state index contributed by atoms with van der Waals surface area (Å²) in [6.07, 6.45) is 11.7. The van der Waals surface area contributed by atoms with E-state index in [-0.39, 0.29) is 11.5 Å². The Hall–Kier alpha value is -0.870. The Morgan fingerprint density at radius 3 is 2.80 bits per heavy atom. The van der Waals surface area contributed by atoms with Crippen LogP contribution in [0.5, 0.6) is 0 Å². The monoisotopic (exact) mass is 346 g/mol. The maximum Gasteiger partial charge on any atom is 0.129 e. The van der Waals surface area contributed by atoms with E-state index in [1.165, 1.54) is 38.5 Å². The lowest BCUT2D eigenvalue weighted by molar-refractivity contribution is -0.0722. The van der Waals surface area contributed by atoms with Crippen molar-refractivity contribution in [1.29, 1.82) is 0 Å². The summed E-state index contributed by atoms with van der Waals surface area (Å²) in [6.45, 7) is 5.87. The molecule has 3 saturated carbocycles. The molecule has 140 valence electrons. The summed E-state index contributed by atoms with van der Waals surface area (Å²) in [6, 6.07) is 0. The minimum atomic E-state index is -0.0759. The van der Waals surface area contributed by atoms with E-state index in [0.29, 0.717) is 18.6 Å². The molecular formula is C21H34N2O2. The molecule has 3 fully saturated rings. The summed E-state index contributed by atoms with van der Waals surface area (Å²) in [5, 5.41) is 14.9. The molecule has 0 aromatic rings. The Morgan fingerprint density at radius 2 is 2.00 bits per heavy atom. The van der Waals surface area contributed by atoms with E-state index in [2.05, 4.69) is 25.1 Å². The zero-order valence-electron chi connectivity index (χ0n) is 15.8. The highest BCUT2D eigenvalue weighted by Crippen LogP contribution is 2.65. The molecule has 0 amide bonds. The van der Waals surface area contributed by atoms with Crippen molar-refractivity contribution in [2.75, 3.05) is 13.2 Å². The van der Waals surface area contributed by atoms with Gasteiger partial charge in [0.15, 0.2) is 0 Å². The van der Waals surface area contributed by atoms with E-state index in [4.69, 9.17) is 10.6 Å². The third-order valence-corrected chi connectivity index (χ3v) is 8.32. The smallest absolute Gasteiger partial charge is 0.129 e. The molecule has 4 heteroatoms. The van der Waals surface area contributed by atoms with Crippen molar-refractivity contribution in [3.63, 3.8) is 0 Å². The van der Waals surface area contributed by atoms with Gasteiger partial charge in [0.2, 0.25) is 0 Å². The molecule has 6 atom stereocenters. The molecule has 25 heavy (non-hydrogen) atoms. The quantitative estimate of drug-likeness (QED) is 0.605. The summed E-state index contributed by atoms with van der Waals surface area (Å²) in [5.41, 5.74) is 8.67. The van der Waals surface area contributed by atoms with Crippen LogP contribution in [0.1, 0.15) is 65.2 Å². The predicted octanol–water partition coefficient (Wildman–Crippen LogP) is 3.64. The lowest BCUT2D eigenvalue weighted by atomic mass is 9.47. The summed E-state index contributed by atoms with van der Waals surface area (Å²) >= 11 is 0. The van der Waals surface area contributed by atoms with E-state index in [0.717, 1.165) is 36.3 Å². The molecule has 4 nitrogen and oxygen atoms in total. The van der Waals surface area contributed by atoms with Crippen LogP contribution in [0.2, 0.25) is 0 Å². The van der Waals surface area contributed by atoms with Gasteiger partial charge in [-0.3, -0.25) is 0 Å². The Bertz CT molecular complexity index is 586. The third kappa shape index (κ3) is 2.68. The molecule has 3 N–H and O–H groups in total. The molecule has 3 unspecified atom stereocenters. The average molecular weight is 347 g/mol. The van der Waals surface area contributed by atoms with Crippen LogP contribution in [0.3, 0.4) is 0 Å². The molecule has 4 rings (SSSR count). The van der Waals surface area contributed by atoms with Gasteiger partial charge in [0.05, 0.1) is 11.8 Å². The van der Waals surface area contributed by atoms with Crippen molar-refractivity contribution in [2.24, 2.45) is 39.5 Å². The van der Waals surface area contributed by atoms with E-state index < -0.39 is 0 Å². The Kier molecular flexibility index (Phi) is 4.48. The van der Waals surface area contributed by atoms with Gasteiger partial charge in [0.1, 0.15) is 6.61 Å². The van der Waals surface area contributed by atoms with E-state index in [1.54, 1.807) is 5.57 Å². The van der Waals surface area contributed by atoms with Gasteiger partial charge in [-0.1, -0.05) is 24.6 Å². The van der Waals surface area contributed by atoms with E-state index >= 15 is 0 Å². The van der Waals surface area contributed by atoms with Crippen LogP contribution in [-0.4, -0.2) is 30.1 Å². The highest BCUT2D eigenvalue weighted by molar-refractivity contribution is 5.96. The van der Waals surface area contributed by atoms with Crippen molar-refractivity contribution in [3.8, 4) is 0 Å². The SMILES string of the molecule is C[C@]12CCC(=NOCCN)C=C1CCC1C2CC[C@@]2(C)C1CC[C@@H]2O. The van der Waals surface area contributed by atoms with Crippen molar-refractivity contribution in [1.82, 2.24) is 0 Å². The van der Waals surface area contributed by atoms with Gasteiger partial charge in [-0.25, -0.2) is 0 Å². The van der Waals surface area contributed by atoms with Crippen LogP contribution in [0, 0.1) is 28.6 Å². The number of hydrogen-bond donors (Lipinski definition) is 2. The number of fused-ring (bicyclic) bond motifs is 5. The molecule has 0 aliphatic heterocycles. The fourth-order valence-electron chi connectivity index (χ4n) is 6.80. The predicted molar refractivity (Wildman–Crippen MR) is 100 cm³/mol. The molecule has 0 aromatic heterocycles. The fourth-order valence-corrected chi connectivity index (χ4v) is 6.80. The van der Waals surface area contributed by atoms with E-state index in [9.17, 15) is 5.11 Å². The third-order valence-electron chi connectivity index (χ3n) is 8.32. The Labute approximate surface area is 151 Å². The molecular weight excluding hydrogens is 312 g/mol. The Balaban J connectivity index is 1.57. The van der Waals surface area contributed by atoms with Crippen molar-refractivity contribution < 1.29 is 9.94 Å². The second-order valence-electron chi connectivity index (χ2n) is 9.34. The first-order valence-electron chi connectivity index (χ1n) is 10.3. The van der Waals surface area contributed by atoms with Crippen LogP contribution in [0.15, 0.2) is 16.8 Å². The van der Waals surface area contributed by atoms with Crippen molar-refractivity contribution >= 4 is 5.71 Å². The summed E-state index contributed by atoms with van der Waals surface area (Å²) in [4.78, 5) is 5.31. The molecule has 4 aliphatic rings. The molecule has 0 heterocycles. The average Bonchev–Trinajstić information content (AvgIpc) is 2.90. The van der Waals surface area contributed by atoms with Crippen LogP contribution in [-0.2, 0) is 4.84 Å². The number of rotatable bonds is 3. The number of aliphatic hydroxyl groups is 1. The second-order valence-corrected chi connectivity index (χ2v) is 9.34. The first kappa shape index (κ1) is 17.5. The van der Waals surface area contributed by atoms with Gasteiger partial charge >= 0.3 is 0 Å².